The third-order valence-corrected chi connectivity index (χ3v) is 5.02. The normalized spacial score (nSPS) is 10.6. The van der Waals surface area contributed by atoms with E-state index in [1.165, 1.54) is 25.1 Å². The summed E-state index contributed by atoms with van der Waals surface area (Å²) in [5.41, 5.74) is 0.948. The van der Waals surface area contributed by atoms with Gasteiger partial charge in [0.25, 0.3) is 5.56 Å². The number of nitrogens with zero attached hydrogens (tertiary/aromatic N) is 4. The zero-order valence-electron chi connectivity index (χ0n) is 18.7. The molecule has 0 radical (unpaired) electrons. The van der Waals surface area contributed by atoms with Gasteiger partial charge in [-0.2, -0.15) is 0 Å². The fourth-order valence-electron chi connectivity index (χ4n) is 3.33. The van der Waals surface area contributed by atoms with Crippen molar-refractivity contribution in [2.75, 3.05) is 19.5 Å². The SMILES string of the molecule is COc1cc2ncn(CCCC(=O)Nc3ccc(Oc4ncccn4)cc3)c(=O)c2cc1OC. The Kier molecular flexibility index (Phi) is 6.97. The van der Waals surface area contributed by atoms with E-state index < -0.39 is 0 Å². The molecule has 4 rings (SSSR count). The molecule has 0 aliphatic carbocycles. The standard InChI is InChI=1S/C24H23N5O5/c1-32-20-13-18-19(14-21(20)33-2)27-15-29(23(18)31)12-3-5-22(30)28-16-6-8-17(9-7-16)34-24-25-10-4-11-26-24/h4,6-11,13-15H,3,5,12H2,1-2H3,(H,28,30). The number of hydrogen-bond donors (Lipinski definition) is 1. The Labute approximate surface area is 195 Å². The number of rotatable bonds is 9. The van der Waals surface area contributed by atoms with Crippen LogP contribution in [0.2, 0.25) is 0 Å². The molecule has 1 amide bonds. The molecule has 2 aromatic heterocycles. The van der Waals surface area contributed by atoms with E-state index in [2.05, 4.69) is 20.3 Å². The predicted molar refractivity (Wildman–Crippen MR) is 126 cm³/mol. The van der Waals surface area contributed by atoms with Gasteiger partial charge in [0, 0.05) is 37.1 Å². The van der Waals surface area contributed by atoms with Crippen LogP contribution in [0, 0.1) is 0 Å². The summed E-state index contributed by atoms with van der Waals surface area (Å²) in [7, 11) is 3.03. The number of fused-ring (bicyclic) bond motifs is 1. The summed E-state index contributed by atoms with van der Waals surface area (Å²) in [6.07, 6.45) is 5.37. The number of nitrogens with one attached hydrogen (secondary N) is 1. The Morgan fingerprint density at radius 1 is 1.00 bits per heavy atom. The van der Waals surface area contributed by atoms with Gasteiger partial charge in [-0.3, -0.25) is 14.2 Å². The Morgan fingerprint density at radius 2 is 1.71 bits per heavy atom. The lowest BCUT2D eigenvalue weighted by atomic mass is 10.2. The number of aryl methyl sites for hydroxylation is 1. The molecule has 10 heteroatoms. The zero-order valence-corrected chi connectivity index (χ0v) is 18.7. The number of carbonyl (C=O) groups excluding carboxylic acids is 1. The number of aromatic nitrogens is 4. The highest BCUT2D eigenvalue weighted by atomic mass is 16.5. The molecule has 0 spiro atoms. The van der Waals surface area contributed by atoms with Crippen LogP contribution in [-0.4, -0.2) is 39.6 Å². The number of benzene rings is 2. The monoisotopic (exact) mass is 461 g/mol. The number of methoxy groups -OCH3 is 2. The number of anilines is 1. The van der Waals surface area contributed by atoms with Crippen LogP contribution in [0.25, 0.3) is 10.9 Å². The van der Waals surface area contributed by atoms with Gasteiger partial charge in [0.05, 0.1) is 31.4 Å². The smallest absolute Gasteiger partial charge is 0.321 e. The Hall–Kier alpha value is -4.47. The van der Waals surface area contributed by atoms with E-state index in [0.29, 0.717) is 46.8 Å². The van der Waals surface area contributed by atoms with Crippen molar-refractivity contribution in [1.82, 2.24) is 19.5 Å². The summed E-state index contributed by atoms with van der Waals surface area (Å²) < 4.78 is 17.6. The Bertz CT molecular complexity index is 1340. The minimum absolute atomic E-state index is 0.159. The highest BCUT2D eigenvalue weighted by Gasteiger charge is 2.11. The van der Waals surface area contributed by atoms with Gasteiger partial charge in [0.2, 0.25) is 5.91 Å². The minimum atomic E-state index is -0.204. The summed E-state index contributed by atoms with van der Waals surface area (Å²) >= 11 is 0. The Morgan fingerprint density at radius 3 is 2.41 bits per heavy atom. The van der Waals surface area contributed by atoms with Crippen molar-refractivity contribution in [3.8, 4) is 23.3 Å². The van der Waals surface area contributed by atoms with Gasteiger partial charge in [-0.1, -0.05) is 0 Å². The molecule has 0 fully saturated rings. The van der Waals surface area contributed by atoms with Crippen molar-refractivity contribution in [2.24, 2.45) is 0 Å². The number of carbonyl (C=O) groups is 1. The molecule has 2 heterocycles. The first-order valence-corrected chi connectivity index (χ1v) is 10.5. The number of hydrogen-bond acceptors (Lipinski definition) is 8. The molecule has 0 aliphatic rings. The second kappa shape index (κ2) is 10.4. The molecule has 2 aromatic carbocycles. The van der Waals surface area contributed by atoms with Crippen LogP contribution in [0.5, 0.6) is 23.3 Å². The van der Waals surface area contributed by atoms with Gasteiger partial charge < -0.3 is 19.5 Å². The molecular weight excluding hydrogens is 438 g/mol. The molecule has 1 N–H and O–H groups in total. The van der Waals surface area contributed by atoms with E-state index in [9.17, 15) is 9.59 Å². The molecular formula is C24H23N5O5. The lowest BCUT2D eigenvalue weighted by Gasteiger charge is -2.11. The molecule has 0 bridgehead atoms. The van der Waals surface area contributed by atoms with Crippen molar-refractivity contribution in [2.45, 2.75) is 19.4 Å². The molecule has 0 unspecified atom stereocenters. The van der Waals surface area contributed by atoms with Crippen molar-refractivity contribution in [3.63, 3.8) is 0 Å². The van der Waals surface area contributed by atoms with Gasteiger partial charge in [0.15, 0.2) is 11.5 Å². The van der Waals surface area contributed by atoms with Crippen LogP contribution < -0.4 is 25.1 Å². The summed E-state index contributed by atoms with van der Waals surface area (Å²) in [5, 5.41) is 3.26. The molecule has 0 aliphatic heterocycles. The third-order valence-electron chi connectivity index (χ3n) is 5.02. The third kappa shape index (κ3) is 5.29. The van der Waals surface area contributed by atoms with Gasteiger partial charge >= 0.3 is 6.01 Å². The fourth-order valence-corrected chi connectivity index (χ4v) is 3.33. The second-order valence-corrected chi connectivity index (χ2v) is 7.28. The maximum absolute atomic E-state index is 12.8. The lowest BCUT2D eigenvalue weighted by Crippen LogP contribution is -2.22. The van der Waals surface area contributed by atoms with Gasteiger partial charge in [-0.25, -0.2) is 15.0 Å². The van der Waals surface area contributed by atoms with Crippen LogP contribution in [0.1, 0.15) is 12.8 Å². The summed E-state index contributed by atoms with van der Waals surface area (Å²) in [6, 6.07) is 12.1. The molecule has 0 atom stereocenters. The highest BCUT2D eigenvalue weighted by Crippen LogP contribution is 2.29. The van der Waals surface area contributed by atoms with Crippen molar-refractivity contribution in [1.29, 1.82) is 0 Å². The fraction of sp³-hybridized carbons (Fsp3) is 0.208. The van der Waals surface area contributed by atoms with Crippen LogP contribution in [0.4, 0.5) is 5.69 Å². The quantitative estimate of drug-likeness (QED) is 0.403. The largest absolute Gasteiger partial charge is 0.493 e. The number of ether oxygens (including phenoxy) is 3. The highest BCUT2D eigenvalue weighted by molar-refractivity contribution is 5.90. The average Bonchev–Trinajstić information content (AvgIpc) is 2.86. The van der Waals surface area contributed by atoms with E-state index >= 15 is 0 Å². The molecule has 0 saturated heterocycles. The predicted octanol–water partition coefficient (Wildman–Crippen LogP) is 3.41. The summed E-state index contributed by atoms with van der Waals surface area (Å²) in [6.45, 7) is 0.355. The second-order valence-electron chi connectivity index (χ2n) is 7.28. The van der Waals surface area contributed by atoms with E-state index in [-0.39, 0.29) is 23.9 Å². The van der Waals surface area contributed by atoms with E-state index in [1.54, 1.807) is 54.9 Å². The Balaban J connectivity index is 1.33. The molecule has 10 nitrogen and oxygen atoms in total. The maximum Gasteiger partial charge on any atom is 0.321 e. The van der Waals surface area contributed by atoms with E-state index in [0.717, 1.165) is 0 Å². The van der Waals surface area contributed by atoms with Crippen molar-refractivity contribution in [3.05, 3.63) is 71.5 Å². The summed E-state index contributed by atoms with van der Waals surface area (Å²) in [5.74, 6) is 1.36. The van der Waals surface area contributed by atoms with Crippen molar-refractivity contribution < 1.29 is 19.0 Å². The molecule has 0 saturated carbocycles. The maximum atomic E-state index is 12.8. The van der Waals surface area contributed by atoms with Gasteiger partial charge in [0.1, 0.15) is 5.75 Å². The van der Waals surface area contributed by atoms with Gasteiger partial charge in [-0.15, -0.1) is 0 Å². The minimum Gasteiger partial charge on any atom is -0.493 e. The zero-order chi connectivity index (χ0) is 23.9. The first-order valence-electron chi connectivity index (χ1n) is 10.5. The van der Waals surface area contributed by atoms with Crippen LogP contribution in [0.3, 0.4) is 0 Å². The van der Waals surface area contributed by atoms with Gasteiger partial charge in [-0.05, 0) is 42.8 Å². The average molecular weight is 461 g/mol. The first-order chi connectivity index (χ1) is 16.6. The molecule has 174 valence electrons. The number of amides is 1. The molecule has 34 heavy (non-hydrogen) atoms. The lowest BCUT2D eigenvalue weighted by molar-refractivity contribution is -0.116. The van der Waals surface area contributed by atoms with Crippen molar-refractivity contribution >= 4 is 22.5 Å². The van der Waals surface area contributed by atoms with Crippen LogP contribution in [0.15, 0.2) is 66.0 Å². The van der Waals surface area contributed by atoms with Crippen LogP contribution in [-0.2, 0) is 11.3 Å². The topological polar surface area (TPSA) is 117 Å². The summed E-state index contributed by atoms with van der Waals surface area (Å²) in [4.78, 5) is 37.5. The first kappa shape index (κ1) is 22.7. The van der Waals surface area contributed by atoms with E-state index in [4.69, 9.17) is 14.2 Å². The van der Waals surface area contributed by atoms with E-state index in [1.807, 2.05) is 0 Å². The van der Waals surface area contributed by atoms with Crippen LogP contribution >= 0.6 is 0 Å². The molecule has 4 aromatic rings.